The normalized spacial score (nSPS) is 16.1. The van der Waals surface area contributed by atoms with Gasteiger partial charge in [-0.3, -0.25) is 4.79 Å². The highest BCUT2D eigenvalue weighted by Gasteiger charge is 2.38. The van der Waals surface area contributed by atoms with Crippen LogP contribution in [0, 0.1) is 5.82 Å². The van der Waals surface area contributed by atoms with Crippen molar-refractivity contribution in [3.05, 3.63) is 89.6 Å². The topological polar surface area (TPSA) is 64.6 Å². The molecule has 2 aromatic rings. The molecule has 6 heteroatoms. The fourth-order valence-corrected chi connectivity index (χ4v) is 2.85. The number of Topliss-reactive ketones (excluding diaryl/α,β-unsaturated/α-hetero) is 1. The van der Waals surface area contributed by atoms with Crippen LogP contribution in [0.1, 0.15) is 27.6 Å². The molecule has 1 unspecified atom stereocenters. The lowest BCUT2D eigenvalue weighted by Crippen LogP contribution is -2.15. The molecule has 27 heavy (non-hydrogen) atoms. The molecule has 0 spiro atoms. The summed E-state index contributed by atoms with van der Waals surface area (Å²) in [6.07, 6.45) is 0.509. The number of carbonyl (C=O) groups excluding carboxylic acids is 2. The average molecular weight is 367 g/mol. The summed E-state index contributed by atoms with van der Waals surface area (Å²) >= 11 is 0. The van der Waals surface area contributed by atoms with E-state index in [1.54, 1.807) is 42.5 Å². The third kappa shape index (κ3) is 3.60. The van der Waals surface area contributed by atoms with Crippen LogP contribution >= 0.6 is 0 Å². The highest BCUT2D eigenvalue weighted by molar-refractivity contribution is 6.25. The van der Waals surface area contributed by atoms with Gasteiger partial charge >= 0.3 is 5.97 Å². The number of ether oxygens (including phenoxy) is 2. The zero-order valence-corrected chi connectivity index (χ0v) is 14.7. The van der Waals surface area contributed by atoms with Gasteiger partial charge in [-0.2, -0.15) is 0 Å². The second-order valence-corrected chi connectivity index (χ2v) is 5.83. The molecule has 0 aliphatic carbocycles. The summed E-state index contributed by atoms with van der Waals surface area (Å²) in [7, 11) is 1.28. The highest BCUT2D eigenvalue weighted by Crippen LogP contribution is 2.38. The van der Waals surface area contributed by atoms with Gasteiger partial charge in [-0.1, -0.05) is 36.4 Å². The van der Waals surface area contributed by atoms with Crippen molar-refractivity contribution in [2.75, 3.05) is 13.7 Å². The van der Waals surface area contributed by atoms with E-state index in [4.69, 9.17) is 9.47 Å². The number of halogens is 1. The first-order valence-electron chi connectivity index (χ1n) is 8.30. The number of nitrogens with one attached hydrogen (secondary N) is 1. The Morgan fingerprint density at radius 2 is 2.07 bits per heavy atom. The van der Waals surface area contributed by atoms with Crippen molar-refractivity contribution in [3.8, 4) is 0 Å². The lowest BCUT2D eigenvalue weighted by molar-refractivity contribution is -0.120. The number of hydrogen-bond acceptors (Lipinski definition) is 5. The molecular weight excluding hydrogens is 349 g/mol. The van der Waals surface area contributed by atoms with Gasteiger partial charge < -0.3 is 14.8 Å². The van der Waals surface area contributed by atoms with E-state index in [-0.39, 0.29) is 17.0 Å². The number of ketones is 1. The van der Waals surface area contributed by atoms with Crippen molar-refractivity contribution < 1.29 is 23.5 Å². The maximum atomic E-state index is 14.2. The lowest BCUT2D eigenvalue weighted by atomic mass is 9.95. The van der Waals surface area contributed by atoms with Crippen LogP contribution in [0.3, 0.4) is 0 Å². The van der Waals surface area contributed by atoms with Gasteiger partial charge in [-0.25, -0.2) is 9.18 Å². The standard InChI is InChI=1S/C21H18FNO4/c1-3-11-23-20-17(13-7-6-8-14(12-13)21(25)26-2)18(24)19(27-20)15-9-4-5-10-16(15)22/h3-10,12,19,23H,1,11H2,2H3. The number of methoxy groups -OCH3 is 1. The average Bonchev–Trinajstić information content (AvgIpc) is 3.02. The first kappa shape index (κ1) is 18.4. The molecule has 1 heterocycles. The molecule has 0 fully saturated rings. The molecule has 1 aliphatic rings. The highest BCUT2D eigenvalue weighted by atomic mass is 19.1. The molecule has 0 radical (unpaired) electrons. The minimum Gasteiger partial charge on any atom is -0.465 e. The molecule has 1 N–H and O–H groups in total. The number of rotatable bonds is 6. The van der Waals surface area contributed by atoms with Crippen LogP contribution in [-0.2, 0) is 14.3 Å². The third-order valence-electron chi connectivity index (χ3n) is 4.11. The number of benzene rings is 2. The quantitative estimate of drug-likeness (QED) is 0.626. The first-order chi connectivity index (χ1) is 13.1. The summed E-state index contributed by atoms with van der Waals surface area (Å²) in [5, 5.41) is 2.97. The summed E-state index contributed by atoms with van der Waals surface area (Å²) in [4.78, 5) is 24.9. The Bertz CT molecular complexity index is 935. The Hall–Kier alpha value is -3.41. The van der Waals surface area contributed by atoms with E-state index in [1.807, 2.05) is 0 Å². The smallest absolute Gasteiger partial charge is 0.337 e. The Kier molecular flexibility index (Phi) is 5.35. The van der Waals surface area contributed by atoms with Crippen molar-refractivity contribution in [1.82, 2.24) is 5.32 Å². The molecule has 2 aromatic carbocycles. The molecule has 3 rings (SSSR count). The molecule has 0 saturated carbocycles. The predicted molar refractivity (Wildman–Crippen MR) is 98.1 cm³/mol. The van der Waals surface area contributed by atoms with Crippen molar-refractivity contribution in [2.24, 2.45) is 0 Å². The van der Waals surface area contributed by atoms with E-state index in [1.165, 1.54) is 19.2 Å². The predicted octanol–water partition coefficient (Wildman–Crippen LogP) is 3.40. The van der Waals surface area contributed by atoms with E-state index >= 15 is 0 Å². The largest absolute Gasteiger partial charge is 0.465 e. The van der Waals surface area contributed by atoms with Crippen LogP contribution in [-0.4, -0.2) is 25.4 Å². The Morgan fingerprint density at radius 1 is 1.30 bits per heavy atom. The van der Waals surface area contributed by atoms with E-state index in [2.05, 4.69) is 11.9 Å². The van der Waals surface area contributed by atoms with Gasteiger partial charge in [0.2, 0.25) is 5.78 Å². The lowest BCUT2D eigenvalue weighted by Gasteiger charge is -2.13. The van der Waals surface area contributed by atoms with Crippen LogP contribution in [0.15, 0.2) is 67.1 Å². The molecule has 1 atom stereocenters. The molecule has 1 aliphatic heterocycles. The van der Waals surface area contributed by atoms with Gasteiger partial charge in [0.15, 0.2) is 12.0 Å². The van der Waals surface area contributed by atoms with Crippen molar-refractivity contribution in [3.63, 3.8) is 0 Å². The third-order valence-corrected chi connectivity index (χ3v) is 4.11. The molecule has 138 valence electrons. The van der Waals surface area contributed by atoms with E-state index in [0.29, 0.717) is 17.7 Å². The van der Waals surface area contributed by atoms with Crippen LogP contribution in [0.25, 0.3) is 5.57 Å². The van der Waals surface area contributed by atoms with Crippen LogP contribution in [0.2, 0.25) is 0 Å². The number of esters is 1. The van der Waals surface area contributed by atoms with E-state index in [9.17, 15) is 14.0 Å². The van der Waals surface area contributed by atoms with Gasteiger partial charge in [0.05, 0.1) is 18.2 Å². The summed E-state index contributed by atoms with van der Waals surface area (Å²) in [6, 6.07) is 12.4. The number of carbonyl (C=O) groups is 2. The van der Waals surface area contributed by atoms with E-state index < -0.39 is 23.7 Å². The fourth-order valence-electron chi connectivity index (χ4n) is 2.85. The molecular formula is C21H18FNO4. The van der Waals surface area contributed by atoms with Gasteiger partial charge in [-0.15, -0.1) is 6.58 Å². The van der Waals surface area contributed by atoms with Gasteiger partial charge in [0.1, 0.15) is 5.82 Å². The summed E-state index contributed by atoms with van der Waals surface area (Å²) in [6.45, 7) is 3.99. The Balaban J connectivity index is 2.04. The van der Waals surface area contributed by atoms with Gasteiger partial charge in [0, 0.05) is 12.1 Å². The zero-order chi connectivity index (χ0) is 19.4. The Morgan fingerprint density at radius 3 is 2.78 bits per heavy atom. The summed E-state index contributed by atoms with van der Waals surface area (Å²) in [5.41, 5.74) is 1.18. The second kappa shape index (κ2) is 7.86. The molecule has 0 amide bonds. The molecule has 0 saturated heterocycles. The summed E-state index contributed by atoms with van der Waals surface area (Å²) in [5.74, 6) is -1.22. The number of hydrogen-bond donors (Lipinski definition) is 1. The first-order valence-corrected chi connectivity index (χ1v) is 8.30. The fraction of sp³-hybridized carbons (Fsp3) is 0.143. The van der Waals surface area contributed by atoms with Crippen LogP contribution in [0.4, 0.5) is 4.39 Å². The van der Waals surface area contributed by atoms with Gasteiger partial charge in [0.25, 0.3) is 0 Å². The van der Waals surface area contributed by atoms with Crippen LogP contribution in [0.5, 0.6) is 0 Å². The second-order valence-electron chi connectivity index (χ2n) is 5.83. The summed E-state index contributed by atoms with van der Waals surface area (Å²) < 4.78 is 24.7. The van der Waals surface area contributed by atoms with Crippen molar-refractivity contribution >= 4 is 17.3 Å². The maximum absolute atomic E-state index is 14.2. The monoisotopic (exact) mass is 367 g/mol. The minimum atomic E-state index is -1.10. The van der Waals surface area contributed by atoms with Crippen molar-refractivity contribution in [2.45, 2.75) is 6.10 Å². The molecule has 5 nitrogen and oxygen atoms in total. The van der Waals surface area contributed by atoms with E-state index in [0.717, 1.165) is 0 Å². The SMILES string of the molecule is C=CCNC1=C(c2cccc(C(=O)OC)c2)C(=O)C(c2ccccc2F)O1. The van der Waals surface area contributed by atoms with Crippen LogP contribution < -0.4 is 5.32 Å². The van der Waals surface area contributed by atoms with Crippen molar-refractivity contribution in [1.29, 1.82) is 0 Å². The van der Waals surface area contributed by atoms with Gasteiger partial charge in [-0.05, 0) is 23.8 Å². The zero-order valence-electron chi connectivity index (χ0n) is 14.7. The maximum Gasteiger partial charge on any atom is 0.337 e. The minimum absolute atomic E-state index is 0.152. The Labute approximate surface area is 156 Å². The molecule has 0 bridgehead atoms. The molecule has 0 aromatic heterocycles.